The minimum absolute atomic E-state index is 0.0137. The standard InChI is InChI=1S/C10H20N2OS/c1-9(11-5-8-14-2)10(13)12-6-3-4-7-12/h9,11H,3-8H2,1-2H3. The van der Waals surface area contributed by atoms with E-state index in [1.165, 1.54) is 12.8 Å². The molecule has 3 nitrogen and oxygen atoms in total. The SMILES string of the molecule is CSCCNC(C)C(=O)N1CCCC1. The highest BCUT2D eigenvalue weighted by Crippen LogP contribution is 2.08. The number of carbonyl (C=O) groups excluding carboxylic acids is 1. The summed E-state index contributed by atoms with van der Waals surface area (Å²) in [4.78, 5) is 13.8. The molecule has 4 heteroatoms. The summed E-state index contributed by atoms with van der Waals surface area (Å²) in [5.74, 6) is 1.33. The summed E-state index contributed by atoms with van der Waals surface area (Å²) in [5.41, 5.74) is 0. The van der Waals surface area contributed by atoms with Gasteiger partial charge in [0.1, 0.15) is 0 Å². The molecule has 1 N–H and O–H groups in total. The molecule has 1 rings (SSSR count). The number of rotatable bonds is 5. The van der Waals surface area contributed by atoms with E-state index in [0.717, 1.165) is 25.4 Å². The van der Waals surface area contributed by atoms with Gasteiger partial charge in [-0.2, -0.15) is 11.8 Å². The monoisotopic (exact) mass is 216 g/mol. The van der Waals surface area contributed by atoms with Crippen LogP contribution in [-0.2, 0) is 4.79 Å². The molecule has 1 atom stereocenters. The van der Waals surface area contributed by atoms with E-state index in [1.807, 2.05) is 11.8 Å². The van der Waals surface area contributed by atoms with Crippen molar-refractivity contribution in [1.82, 2.24) is 10.2 Å². The largest absolute Gasteiger partial charge is 0.341 e. The number of nitrogens with one attached hydrogen (secondary N) is 1. The maximum Gasteiger partial charge on any atom is 0.239 e. The summed E-state index contributed by atoms with van der Waals surface area (Å²) in [5, 5.41) is 3.25. The normalized spacial score (nSPS) is 18.6. The van der Waals surface area contributed by atoms with Crippen LogP contribution in [0.5, 0.6) is 0 Å². The van der Waals surface area contributed by atoms with Crippen molar-refractivity contribution in [2.24, 2.45) is 0 Å². The summed E-state index contributed by atoms with van der Waals surface area (Å²) < 4.78 is 0. The van der Waals surface area contributed by atoms with Crippen LogP contribution in [0.4, 0.5) is 0 Å². The van der Waals surface area contributed by atoms with E-state index in [-0.39, 0.29) is 11.9 Å². The Hall–Kier alpha value is -0.220. The van der Waals surface area contributed by atoms with Crippen molar-refractivity contribution in [2.45, 2.75) is 25.8 Å². The molecule has 0 aromatic rings. The maximum atomic E-state index is 11.8. The lowest BCUT2D eigenvalue weighted by Crippen LogP contribution is -2.44. The number of hydrogen-bond acceptors (Lipinski definition) is 3. The molecule has 0 aromatic heterocycles. The van der Waals surface area contributed by atoms with Gasteiger partial charge in [-0.3, -0.25) is 4.79 Å². The van der Waals surface area contributed by atoms with Gasteiger partial charge in [0.2, 0.25) is 5.91 Å². The lowest BCUT2D eigenvalue weighted by molar-refractivity contribution is -0.131. The van der Waals surface area contributed by atoms with Gasteiger partial charge < -0.3 is 10.2 Å². The van der Waals surface area contributed by atoms with Gasteiger partial charge in [0, 0.05) is 25.4 Å². The molecule has 1 fully saturated rings. The van der Waals surface area contributed by atoms with Crippen molar-refractivity contribution < 1.29 is 4.79 Å². The third kappa shape index (κ3) is 3.50. The fourth-order valence-corrected chi connectivity index (χ4v) is 2.00. The molecule has 0 aliphatic carbocycles. The Labute approximate surface area is 90.6 Å². The van der Waals surface area contributed by atoms with Crippen LogP contribution in [0.25, 0.3) is 0 Å². The van der Waals surface area contributed by atoms with Crippen molar-refractivity contribution >= 4 is 17.7 Å². The number of hydrogen-bond donors (Lipinski definition) is 1. The van der Waals surface area contributed by atoms with E-state index < -0.39 is 0 Å². The first kappa shape index (κ1) is 11.9. The molecule has 1 amide bonds. The Bertz CT molecular complexity index is 181. The van der Waals surface area contributed by atoms with Gasteiger partial charge in [0.15, 0.2) is 0 Å². The zero-order valence-corrected chi connectivity index (χ0v) is 9.90. The zero-order chi connectivity index (χ0) is 10.4. The second kappa shape index (κ2) is 6.30. The number of thioether (sulfide) groups is 1. The van der Waals surface area contributed by atoms with Gasteiger partial charge in [-0.25, -0.2) is 0 Å². The van der Waals surface area contributed by atoms with Gasteiger partial charge in [0.25, 0.3) is 0 Å². The smallest absolute Gasteiger partial charge is 0.239 e. The Morgan fingerprint density at radius 3 is 2.71 bits per heavy atom. The molecule has 1 aliphatic heterocycles. The Kier molecular flexibility index (Phi) is 5.33. The van der Waals surface area contributed by atoms with Crippen LogP contribution in [0.1, 0.15) is 19.8 Å². The highest BCUT2D eigenvalue weighted by atomic mass is 32.2. The molecule has 1 saturated heterocycles. The lowest BCUT2D eigenvalue weighted by Gasteiger charge is -2.20. The Morgan fingerprint density at radius 1 is 1.50 bits per heavy atom. The molecule has 0 aromatic carbocycles. The number of carbonyl (C=O) groups is 1. The van der Waals surface area contributed by atoms with Crippen molar-refractivity contribution in [3.05, 3.63) is 0 Å². The quantitative estimate of drug-likeness (QED) is 0.695. The molecule has 1 heterocycles. The predicted octanol–water partition coefficient (Wildman–Crippen LogP) is 0.950. The second-order valence-electron chi connectivity index (χ2n) is 3.70. The van der Waals surface area contributed by atoms with Crippen LogP contribution in [0.15, 0.2) is 0 Å². The van der Waals surface area contributed by atoms with Crippen LogP contribution >= 0.6 is 11.8 Å². The van der Waals surface area contributed by atoms with Gasteiger partial charge in [-0.1, -0.05) is 0 Å². The van der Waals surface area contributed by atoms with E-state index in [9.17, 15) is 4.79 Å². The van der Waals surface area contributed by atoms with E-state index in [4.69, 9.17) is 0 Å². The molecule has 1 aliphatic rings. The van der Waals surface area contributed by atoms with Crippen LogP contribution < -0.4 is 5.32 Å². The molecule has 0 spiro atoms. The minimum Gasteiger partial charge on any atom is -0.341 e. The fourth-order valence-electron chi connectivity index (χ4n) is 1.68. The van der Waals surface area contributed by atoms with E-state index >= 15 is 0 Å². The molecule has 14 heavy (non-hydrogen) atoms. The molecule has 0 bridgehead atoms. The van der Waals surface area contributed by atoms with E-state index in [2.05, 4.69) is 11.6 Å². The van der Waals surface area contributed by atoms with Crippen LogP contribution in [0.3, 0.4) is 0 Å². The fraction of sp³-hybridized carbons (Fsp3) is 0.900. The first-order chi connectivity index (χ1) is 6.75. The van der Waals surface area contributed by atoms with Crippen molar-refractivity contribution in [1.29, 1.82) is 0 Å². The average molecular weight is 216 g/mol. The molecular weight excluding hydrogens is 196 g/mol. The van der Waals surface area contributed by atoms with E-state index in [1.54, 1.807) is 11.8 Å². The van der Waals surface area contributed by atoms with Crippen LogP contribution in [0.2, 0.25) is 0 Å². The van der Waals surface area contributed by atoms with Crippen LogP contribution in [-0.4, -0.2) is 48.5 Å². The molecular formula is C10H20N2OS. The summed E-state index contributed by atoms with van der Waals surface area (Å²) in [6, 6.07) is -0.0137. The van der Waals surface area contributed by atoms with Crippen molar-refractivity contribution in [3.63, 3.8) is 0 Å². The number of amides is 1. The summed E-state index contributed by atoms with van der Waals surface area (Å²) in [7, 11) is 0. The summed E-state index contributed by atoms with van der Waals surface area (Å²) in [6.45, 7) is 4.78. The zero-order valence-electron chi connectivity index (χ0n) is 9.08. The summed E-state index contributed by atoms with van der Waals surface area (Å²) in [6.07, 6.45) is 4.42. The first-order valence-electron chi connectivity index (χ1n) is 5.27. The number of likely N-dealkylation sites (tertiary alicyclic amines) is 1. The summed E-state index contributed by atoms with van der Waals surface area (Å²) >= 11 is 1.80. The van der Waals surface area contributed by atoms with Crippen LogP contribution in [0, 0.1) is 0 Å². The van der Waals surface area contributed by atoms with Gasteiger partial charge >= 0.3 is 0 Å². The van der Waals surface area contributed by atoms with Crippen molar-refractivity contribution in [2.75, 3.05) is 31.6 Å². The first-order valence-corrected chi connectivity index (χ1v) is 6.66. The molecule has 0 radical (unpaired) electrons. The number of nitrogens with zero attached hydrogens (tertiary/aromatic N) is 1. The molecule has 82 valence electrons. The minimum atomic E-state index is -0.0137. The highest BCUT2D eigenvalue weighted by Gasteiger charge is 2.22. The van der Waals surface area contributed by atoms with E-state index in [0.29, 0.717) is 0 Å². The third-order valence-corrected chi connectivity index (χ3v) is 3.16. The predicted molar refractivity (Wildman–Crippen MR) is 61.7 cm³/mol. The van der Waals surface area contributed by atoms with Gasteiger partial charge in [-0.05, 0) is 26.0 Å². The highest BCUT2D eigenvalue weighted by molar-refractivity contribution is 7.98. The van der Waals surface area contributed by atoms with Gasteiger partial charge in [0.05, 0.1) is 6.04 Å². The molecule has 1 unspecified atom stereocenters. The average Bonchev–Trinajstić information content (AvgIpc) is 2.69. The Morgan fingerprint density at radius 2 is 2.14 bits per heavy atom. The second-order valence-corrected chi connectivity index (χ2v) is 4.69. The lowest BCUT2D eigenvalue weighted by atomic mass is 10.3. The third-order valence-electron chi connectivity index (χ3n) is 2.54. The molecule has 0 saturated carbocycles. The Balaban J connectivity index is 2.21. The van der Waals surface area contributed by atoms with Gasteiger partial charge in [-0.15, -0.1) is 0 Å². The van der Waals surface area contributed by atoms with Crippen molar-refractivity contribution in [3.8, 4) is 0 Å². The topological polar surface area (TPSA) is 32.3 Å². The maximum absolute atomic E-state index is 11.8.